The molecule has 1 aromatic heterocycles. The fraction of sp³-hybridized carbons (Fsp3) is 0.190. The first kappa shape index (κ1) is 19.8. The molecule has 0 saturated carbocycles. The molecule has 0 spiro atoms. The van der Waals surface area contributed by atoms with E-state index in [-0.39, 0.29) is 17.4 Å². The third-order valence-electron chi connectivity index (χ3n) is 4.58. The highest BCUT2D eigenvalue weighted by Gasteiger charge is 2.19. The fourth-order valence-corrected chi connectivity index (χ4v) is 3.65. The van der Waals surface area contributed by atoms with Gasteiger partial charge in [0.25, 0.3) is 0 Å². The molecule has 0 aliphatic rings. The third kappa shape index (κ3) is 4.31. The Morgan fingerprint density at radius 3 is 2.46 bits per heavy atom. The summed E-state index contributed by atoms with van der Waals surface area (Å²) < 4.78 is 39.4. The molecule has 28 heavy (non-hydrogen) atoms. The van der Waals surface area contributed by atoms with Gasteiger partial charge in [0, 0.05) is 17.2 Å². The van der Waals surface area contributed by atoms with Crippen LogP contribution in [0.1, 0.15) is 45.7 Å². The number of carbonyl (C=O) groups excluding carboxylic acids is 1. The van der Waals surface area contributed by atoms with Crippen LogP contribution in [0.15, 0.2) is 54.6 Å². The first-order valence-corrected chi connectivity index (χ1v) is 10.6. The molecule has 1 heterocycles. The molecule has 1 atom stereocenters. The van der Waals surface area contributed by atoms with Gasteiger partial charge in [-0.2, -0.15) is 0 Å². The number of hydrogen-bond acceptors (Lipinski definition) is 3. The van der Waals surface area contributed by atoms with Crippen LogP contribution < -0.4 is 4.72 Å². The number of sulfonamides is 1. The van der Waals surface area contributed by atoms with Crippen molar-refractivity contribution in [1.82, 2.24) is 4.98 Å². The molecular weight excluding hydrogens is 379 g/mol. The molecule has 0 bridgehead atoms. The van der Waals surface area contributed by atoms with E-state index in [0.717, 1.165) is 17.9 Å². The molecule has 7 heteroatoms. The van der Waals surface area contributed by atoms with Crippen LogP contribution in [0.4, 0.5) is 10.1 Å². The SMILES string of the molecule is Cc1ccccc1C(=O)c1ccc(C(C)c2ccc(NS(C)(=O)=O)cc2F)[nH]1. The van der Waals surface area contributed by atoms with Gasteiger partial charge in [0.05, 0.1) is 17.6 Å². The van der Waals surface area contributed by atoms with Crippen LogP contribution in [-0.4, -0.2) is 25.4 Å². The average Bonchev–Trinajstić information content (AvgIpc) is 3.10. The van der Waals surface area contributed by atoms with Gasteiger partial charge >= 0.3 is 0 Å². The minimum Gasteiger partial charge on any atom is -0.355 e. The van der Waals surface area contributed by atoms with Crippen molar-refractivity contribution in [3.63, 3.8) is 0 Å². The molecule has 0 amide bonds. The second-order valence-electron chi connectivity index (χ2n) is 6.80. The number of nitrogens with one attached hydrogen (secondary N) is 2. The summed E-state index contributed by atoms with van der Waals surface area (Å²) in [4.78, 5) is 15.8. The molecule has 5 nitrogen and oxygen atoms in total. The van der Waals surface area contributed by atoms with Crippen LogP contribution in [0.5, 0.6) is 0 Å². The highest BCUT2D eigenvalue weighted by atomic mass is 32.2. The largest absolute Gasteiger partial charge is 0.355 e. The van der Waals surface area contributed by atoms with Crippen LogP contribution >= 0.6 is 0 Å². The van der Waals surface area contributed by atoms with Gasteiger partial charge in [-0.3, -0.25) is 9.52 Å². The lowest BCUT2D eigenvalue weighted by atomic mass is 9.97. The Morgan fingerprint density at radius 2 is 1.82 bits per heavy atom. The first-order chi connectivity index (χ1) is 13.2. The number of carbonyl (C=O) groups is 1. The first-order valence-electron chi connectivity index (χ1n) is 8.72. The molecule has 146 valence electrons. The van der Waals surface area contributed by atoms with Gasteiger partial charge in [-0.05, 0) is 42.3 Å². The zero-order chi connectivity index (χ0) is 20.5. The molecule has 0 saturated heterocycles. The van der Waals surface area contributed by atoms with Gasteiger partial charge in [-0.25, -0.2) is 12.8 Å². The quantitative estimate of drug-likeness (QED) is 0.608. The van der Waals surface area contributed by atoms with Crippen molar-refractivity contribution < 1.29 is 17.6 Å². The van der Waals surface area contributed by atoms with Gasteiger partial charge in [0.15, 0.2) is 0 Å². The van der Waals surface area contributed by atoms with Crippen molar-refractivity contribution in [1.29, 1.82) is 0 Å². The van der Waals surface area contributed by atoms with Crippen molar-refractivity contribution in [3.8, 4) is 0 Å². The van der Waals surface area contributed by atoms with E-state index in [4.69, 9.17) is 0 Å². The molecule has 3 aromatic rings. The summed E-state index contributed by atoms with van der Waals surface area (Å²) >= 11 is 0. The van der Waals surface area contributed by atoms with E-state index < -0.39 is 15.8 Å². The lowest BCUT2D eigenvalue weighted by Crippen LogP contribution is -2.10. The molecule has 0 fully saturated rings. The number of anilines is 1. The smallest absolute Gasteiger partial charge is 0.229 e. The summed E-state index contributed by atoms with van der Waals surface area (Å²) in [5, 5.41) is 0. The maximum absolute atomic E-state index is 14.5. The van der Waals surface area contributed by atoms with E-state index in [9.17, 15) is 17.6 Å². The van der Waals surface area contributed by atoms with Crippen molar-refractivity contribution in [2.45, 2.75) is 19.8 Å². The topological polar surface area (TPSA) is 79.0 Å². The van der Waals surface area contributed by atoms with Crippen LogP contribution in [0.2, 0.25) is 0 Å². The van der Waals surface area contributed by atoms with E-state index in [1.165, 1.54) is 12.1 Å². The normalized spacial score (nSPS) is 12.6. The maximum atomic E-state index is 14.5. The Labute approximate surface area is 163 Å². The Morgan fingerprint density at radius 1 is 1.11 bits per heavy atom. The van der Waals surface area contributed by atoms with Gasteiger partial charge in [0.1, 0.15) is 5.82 Å². The number of H-pyrrole nitrogens is 1. The van der Waals surface area contributed by atoms with E-state index in [2.05, 4.69) is 9.71 Å². The molecular formula is C21H21FN2O3S. The van der Waals surface area contributed by atoms with Gasteiger partial charge in [0.2, 0.25) is 15.8 Å². The number of halogens is 1. The van der Waals surface area contributed by atoms with Gasteiger partial charge in [-0.15, -0.1) is 0 Å². The molecule has 2 aromatic carbocycles. The maximum Gasteiger partial charge on any atom is 0.229 e. The summed E-state index contributed by atoms with van der Waals surface area (Å²) in [6.07, 6.45) is 1.01. The van der Waals surface area contributed by atoms with Crippen molar-refractivity contribution in [3.05, 3.63) is 88.5 Å². The molecule has 0 radical (unpaired) electrons. The van der Waals surface area contributed by atoms with Crippen molar-refractivity contribution in [2.75, 3.05) is 11.0 Å². The lowest BCUT2D eigenvalue weighted by Gasteiger charge is -2.13. The minimum atomic E-state index is -3.48. The molecule has 0 aliphatic heterocycles. The van der Waals surface area contributed by atoms with Crippen molar-refractivity contribution in [2.24, 2.45) is 0 Å². The minimum absolute atomic E-state index is 0.121. The average molecular weight is 400 g/mol. The number of ketones is 1. The zero-order valence-corrected chi connectivity index (χ0v) is 16.6. The number of aryl methyl sites for hydroxylation is 1. The number of hydrogen-bond donors (Lipinski definition) is 2. The van der Waals surface area contributed by atoms with Crippen LogP contribution in [0.3, 0.4) is 0 Å². The summed E-state index contributed by atoms with van der Waals surface area (Å²) in [5.41, 5.74) is 3.20. The van der Waals surface area contributed by atoms with E-state index >= 15 is 0 Å². The Bertz CT molecular complexity index is 1140. The van der Waals surface area contributed by atoms with Crippen LogP contribution in [0, 0.1) is 12.7 Å². The second kappa shape index (κ2) is 7.59. The summed E-state index contributed by atoms with van der Waals surface area (Å²) in [6, 6.07) is 15.0. The Kier molecular flexibility index (Phi) is 5.38. The third-order valence-corrected chi connectivity index (χ3v) is 5.19. The van der Waals surface area contributed by atoms with E-state index in [1.807, 2.05) is 32.0 Å². The van der Waals surface area contributed by atoms with E-state index in [0.29, 0.717) is 22.5 Å². The van der Waals surface area contributed by atoms with Crippen LogP contribution in [-0.2, 0) is 10.0 Å². The summed E-state index contributed by atoms with van der Waals surface area (Å²) in [5.74, 6) is -0.988. The Hall–Kier alpha value is -2.93. The van der Waals surface area contributed by atoms with Gasteiger partial charge < -0.3 is 4.98 Å². The summed E-state index contributed by atoms with van der Waals surface area (Å²) in [7, 11) is -3.48. The molecule has 3 rings (SSSR count). The standard InChI is InChI=1S/C21H21FN2O3S/c1-13-6-4-5-7-16(13)21(25)20-11-10-19(23-20)14(2)17-9-8-15(12-18(17)22)24-28(3,26)27/h4-12,14,23-24H,1-3H3. The highest BCUT2D eigenvalue weighted by molar-refractivity contribution is 7.92. The second-order valence-corrected chi connectivity index (χ2v) is 8.55. The monoisotopic (exact) mass is 400 g/mol. The molecule has 1 unspecified atom stereocenters. The number of benzene rings is 2. The predicted molar refractivity (Wildman–Crippen MR) is 108 cm³/mol. The Balaban J connectivity index is 1.85. The molecule has 2 N–H and O–H groups in total. The fourth-order valence-electron chi connectivity index (χ4n) is 3.09. The number of aromatic nitrogens is 1. The highest BCUT2D eigenvalue weighted by Crippen LogP contribution is 2.28. The van der Waals surface area contributed by atoms with Gasteiger partial charge in [-0.1, -0.05) is 37.3 Å². The predicted octanol–water partition coefficient (Wildman–Crippen LogP) is 4.22. The number of aromatic amines is 1. The van der Waals surface area contributed by atoms with Crippen LogP contribution in [0.25, 0.3) is 0 Å². The summed E-state index contributed by atoms with van der Waals surface area (Å²) in [6.45, 7) is 3.69. The molecule has 0 aliphatic carbocycles. The van der Waals surface area contributed by atoms with Crippen molar-refractivity contribution >= 4 is 21.5 Å². The number of rotatable bonds is 6. The lowest BCUT2D eigenvalue weighted by molar-refractivity contribution is 0.103. The zero-order valence-electron chi connectivity index (χ0n) is 15.8. The van der Waals surface area contributed by atoms with E-state index in [1.54, 1.807) is 18.2 Å².